The van der Waals surface area contributed by atoms with Gasteiger partial charge in [0.2, 0.25) is 0 Å². The Kier molecular flexibility index (Phi) is 4.13. The molecule has 0 atom stereocenters. The van der Waals surface area contributed by atoms with Crippen LogP contribution in [0, 0.1) is 11.6 Å². The van der Waals surface area contributed by atoms with Gasteiger partial charge < -0.3 is 0 Å². The Balaban J connectivity index is 2.60. The van der Waals surface area contributed by atoms with E-state index in [1.807, 2.05) is 0 Å². The zero-order chi connectivity index (χ0) is 17.5. The van der Waals surface area contributed by atoms with E-state index in [1.165, 1.54) is 0 Å². The van der Waals surface area contributed by atoms with Gasteiger partial charge in [-0.1, -0.05) is 24.3 Å². The van der Waals surface area contributed by atoms with Crippen LogP contribution >= 0.6 is 0 Å². The summed E-state index contributed by atoms with van der Waals surface area (Å²) < 4.78 is 110. The summed E-state index contributed by atoms with van der Waals surface area (Å²) in [5.74, 6) is -20.7. The molecule has 8 heteroatoms. The molecule has 0 spiro atoms. The molecule has 2 aromatic carbocycles. The molecule has 0 aliphatic rings. The van der Waals surface area contributed by atoms with Crippen molar-refractivity contribution < 1.29 is 35.1 Å². The summed E-state index contributed by atoms with van der Waals surface area (Å²) in [6, 6.07) is 4.85. The van der Waals surface area contributed by atoms with Gasteiger partial charge in [-0.25, -0.2) is 8.78 Å². The summed E-state index contributed by atoms with van der Waals surface area (Å²) >= 11 is 0. The molecule has 124 valence electrons. The van der Waals surface area contributed by atoms with Crippen LogP contribution in [0.25, 0.3) is 0 Å². The van der Waals surface area contributed by atoms with Crippen LogP contribution in [0.3, 0.4) is 0 Å². The van der Waals surface area contributed by atoms with E-state index in [-0.39, 0.29) is 12.1 Å². The first-order chi connectivity index (χ1) is 10.5. The normalized spacial score (nSPS) is 13.2. The lowest BCUT2D eigenvalue weighted by Gasteiger charge is -2.33. The second-order valence-electron chi connectivity index (χ2n) is 4.68. The molecule has 23 heavy (non-hydrogen) atoms. The van der Waals surface area contributed by atoms with E-state index in [4.69, 9.17) is 0 Å². The zero-order valence-electron chi connectivity index (χ0n) is 11.1. The summed E-state index contributed by atoms with van der Waals surface area (Å²) in [7, 11) is 0. The van der Waals surface area contributed by atoms with Crippen molar-refractivity contribution in [2.75, 3.05) is 0 Å². The number of hydrogen-bond donors (Lipinski definition) is 0. The maximum absolute atomic E-state index is 13.9. The number of halogens is 8. The lowest BCUT2D eigenvalue weighted by Crippen LogP contribution is -2.51. The molecule has 0 N–H and O–H groups in total. The first-order valence-electron chi connectivity index (χ1n) is 6.17. The average Bonchev–Trinajstić information content (AvgIpc) is 2.47. The SMILES string of the molecule is Fc1ccccc1C(F)(F)C(F)(F)C(F)(F)c1ccccc1F. The smallest absolute Gasteiger partial charge is 0.206 e. The highest BCUT2D eigenvalue weighted by Gasteiger charge is 2.73. The highest BCUT2D eigenvalue weighted by Crippen LogP contribution is 2.56. The van der Waals surface area contributed by atoms with E-state index in [0.717, 1.165) is 24.3 Å². The number of hydrogen-bond acceptors (Lipinski definition) is 0. The Bertz CT molecular complexity index is 649. The first-order valence-corrected chi connectivity index (χ1v) is 6.17. The topological polar surface area (TPSA) is 0 Å². The molecule has 0 saturated heterocycles. The fraction of sp³-hybridized carbons (Fsp3) is 0.200. The monoisotopic (exact) mass is 340 g/mol. The standard InChI is InChI=1S/C15H8F8/c16-11-7-3-1-5-9(11)13(18,19)15(22,23)14(20,21)10-6-2-4-8-12(10)17/h1-8H. The first kappa shape index (κ1) is 17.2. The molecule has 0 radical (unpaired) electrons. The molecular formula is C15H8F8. The minimum atomic E-state index is -6.07. The summed E-state index contributed by atoms with van der Waals surface area (Å²) in [6.07, 6.45) is 0. The van der Waals surface area contributed by atoms with Gasteiger partial charge in [-0.3, -0.25) is 0 Å². The molecule has 0 nitrogen and oxygen atoms in total. The van der Waals surface area contributed by atoms with Crippen LogP contribution in [-0.4, -0.2) is 5.92 Å². The minimum Gasteiger partial charge on any atom is -0.206 e. The third-order valence-electron chi connectivity index (χ3n) is 3.21. The maximum atomic E-state index is 13.9. The highest BCUT2D eigenvalue weighted by molar-refractivity contribution is 5.31. The largest absolute Gasteiger partial charge is 0.380 e. The Morgan fingerprint density at radius 3 is 1.13 bits per heavy atom. The molecular weight excluding hydrogens is 332 g/mol. The minimum absolute atomic E-state index is 0.265. The average molecular weight is 340 g/mol. The molecule has 0 bridgehead atoms. The molecule has 0 aliphatic heterocycles. The second-order valence-corrected chi connectivity index (χ2v) is 4.68. The van der Waals surface area contributed by atoms with Crippen molar-refractivity contribution in [2.24, 2.45) is 0 Å². The second kappa shape index (κ2) is 5.50. The van der Waals surface area contributed by atoms with Gasteiger partial charge in [0.25, 0.3) is 0 Å². The molecule has 2 aromatic rings. The molecule has 0 aromatic heterocycles. The Morgan fingerprint density at radius 2 is 0.826 bits per heavy atom. The van der Waals surface area contributed by atoms with Crippen LogP contribution in [0.4, 0.5) is 35.1 Å². The van der Waals surface area contributed by atoms with Crippen molar-refractivity contribution in [3.8, 4) is 0 Å². The van der Waals surface area contributed by atoms with E-state index in [9.17, 15) is 35.1 Å². The fourth-order valence-corrected chi connectivity index (χ4v) is 1.97. The van der Waals surface area contributed by atoms with Gasteiger partial charge in [-0.05, 0) is 24.3 Å². The van der Waals surface area contributed by atoms with Crippen molar-refractivity contribution in [2.45, 2.75) is 17.8 Å². The van der Waals surface area contributed by atoms with Crippen molar-refractivity contribution in [1.82, 2.24) is 0 Å². The molecule has 2 rings (SSSR count). The molecule has 0 unspecified atom stereocenters. The predicted molar refractivity (Wildman–Crippen MR) is 65.5 cm³/mol. The van der Waals surface area contributed by atoms with E-state index >= 15 is 0 Å². The zero-order valence-corrected chi connectivity index (χ0v) is 11.1. The van der Waals surface area contributed by atoms with Gasteiger partial charge in [-0.2, -0.15) is 26.3 Å². The van der Waals surface area contributed by atoms with Crippen LogP contribution in [0.2, 0.25) is 0 Å². The van der Waals surface area contributed by atoms with Crippen LogP contribution in [0.1, 0.15) is 11.1 Å². The summed E-state index contributed by atoms with van der Waals surface area (Å²) in [4.78, 5) is 0. The fourth-order valence-electron chi connectivity index (χ4n) is 1.97. The predicted octanol–water partition coefficient (Wildman–Crippen LogP) is 5.48. The summed E-state index contributed by atoms with van der Waals surface area (Å²) in [5, 5.41) is 0. The maximum Gasteiger partial charge on any atom is 0.380 e. The third-order valence-corrected chi connectivity index (χ3v) is 3.21. The van der Waals surface area contributed by atoms with Crippen molar-refractivity contribution in [3.63, 3.8) is 0 Å². The molecule has 0 heterocycles. The molecule has 0 amide bonds. The van der Waals surface area contributed by atoms with Gasteiger partial charge in [0.1, 0.15) is 11.6 Å². The van der Waals surface area contributed by atoms with Crippen molar-refractivity contribution in [1.29, 1.82) is 0 Å². The Morgan fingerprint density at radius 1 is 0.522 bits per heavy atom. The van der Waals surface area contributed by atoms with Gasteiger partial charge >= 0.3 is 17.8 Å². The highest BCUT2D eigenvalue weighted by atomic mass is 19.3. The van der Waals surface area contributed by atoms with Crippen LogP contribution in [-0.2, 0) is 11.8 Å². The van der Waals surface area contributed by atoms with Crippen molar-refractivity contribution >= 4 is 0 Å². The lowest BCUT2D eigenvalue weighted by molar-refractivity contribution is -0.322. The number of alkyl halides is 6. The lowest BCUT2D eigenvalue weighted by atomic mass is 9.92. The Hall–Kier alpha value is -2.12. The Labute approximate surface area is 125 Å². The van der Waals surface area contributed by atoms with E-state index in [0.29, 0.717) is 12.1 Å². The van der Waals surface area contributed by atoms with Crippen molar-refractivity contribution in [3.05, 3.63) is 71.3 Å². The number of rotatable bonds is 4. The van der Waals surface area contributed by atoms with E-state index < -0.39 is 40.5 Å². The van der Waals surface area contributed by atoms with E-state index in [2.05, 4.69) is 0 Å². The van der Waals surface area contributed by atoms with Gasteiger partial charge in [0.05, 0.1) is 11.1 Å². The molecule has 0 aliphatic carbocycles. The molecule has 0 fully saturated rings. The van der Waals surface area contributed by atoms with E-state index in [1.54, 1.807) is 0 Å². The van der Waals surface area contributed by atoms with Crippen LogP contribution < -0.4 is 0 Å². The molecule has 0 saturated carbocycles. The number of benzene rings is 2. The van der Waals surface area contributed by atoms with Crippen LogP contribution in [0.5, 0.6) is 0 Å². The van der Waals surface area contributed by atoms with Crippen LogP contribution in [0.15, 0.2) is 48.5 Å². The van der Waals surface area contributed by atoms with Gasteiger partial charge in [-0.15, -0.1) is 0 Å². The summed E-state index contributed by atoms with van der Waals surface area (Å²) in [5.41, 5.74) is -3.80. The van der Waals surface area contributed by atoms with Gasteiger partial charge in [0, 0.05) is 0 Å². The summed E-state index contributed by atoms with van der Waals surface area (Å²) in [6.45, 7) is 0. The van der Waals surface area contributed by atoms with Gasteiger partial charge in [0.15, 0.2) is 0 Å². The third kappa shape index (κ3) is 2.55. The quantitative estimate of drug-likeness (QED) is 0.646.